The number of hydrogen-bond donors (Lipinski definition) is 0. The molecule has 9 aromatic rings. The van der Waals surface area contributed by atoms with E-state index in [2.05, 4.69) is 194 Å². The zero-order valence-electron chi connectivity index (χ0n) is 30.3. The Morgan fingerprint density at radius 3 is 1.58 bits per heavy atom. The predicted molar refractivity (Wildman–Crippen MR) is 232 cm³/mol. The van der Waals surface area contributed by atoms with Gasteiger partial charge in [-0.15, -0.1) is 0 Å². The lowest BCUT2D eigenvalue weighted by atomic mass is 9.70. The number of imidazole rings is 1. The SMILES string of the molecule is Bc1c(B)c(-n2c(-c3ccc(-c4c5ccccc5c(-c5cccc(-c6ccccc6)c5)c5ccccc45)cc3)nc3ccccc32)c(B)c(C)c1C. The minimum atomic E-state index is 0.963. The van der Waals surface area contributed by atoms with Crippen LogP contribution in [0.3, 0.4) is 0 Å². The second-order valence-corrected chi connectivity index (χ2v) is 14.1. The smallest absolute Gasteiger partial charge is 0.145 e. The van der Waals surface area contributed by atoms with Crippen LogP contribution in [0.1, 0.15) is 11.1 Å². The first-order chi connectivity index (χ1) is 25.4. The van der Waals surface area contributed by atoms with Crippen molar-refractivity contribution in [3.8, 4) is 50.5 Å². The van der Waals surface area contributed by atoms with Gasteiger partial charge in [0.1, 0.15) is 29.4 Å². The molecule has 9 rings (SSSR count). The number of rotatable bonds is 5. The molecule has 0 bridgehead atoms. The highest BCUT2D eigenvalue weighted by Crippen LogP contribution is 2.44. The van der Waals surface area contributed by atoms with Gasteiger partial charge in [-0.1, -0.05) is 161 Å². The summed E-state index contributed by atoms with van der Waals surface area (Å²) in [5.41, 5.74) is 18.5. The maximum atomic E-state index is 5.26. The van der Waals surface area contributed by atoms with Gasteiger partial charge in [0.05, 0.1) is 11.0 Å². The Morgan fingerprint density at radius 2 is 0.923 bits per heavy atom. The van der Waals surface area contributed by atoms with E-state index in [1.165, 1.54) is 88.1 Å². The topological polar surface area (TPSA) is 17.8 Å². The van der Waals surface area contributed by atoms with Crippen molar-refractivity contribution in [2.45, 2.75) is 13.8 Å². The minimum Gasteiger partial charge on any atom is -0.293 e. The molecule has 0 atom stereocenters. The molecule has 0 aliphatic rings. The number of hydrogen-bond acceptors (Lipinski definition) is 1. The van der Waals surface area contributed by atoms with E-state index < -0.39 is 0 Å². The van der Waals surface area contributed by atoms with Gasteiger partial charge in [0, 0.05) is 11.3 Å². The van der Waals surface area contributed by atoms with E-state index in [-0.39, 0.29) is 0 Å². The molecular formula is C47H37B3N2. The third-order valence-corrected chi connectivity index (χ3v) is 11.4. The molecule has 0 spiro atoms. The summed E-state index contributed by atoms with van der Waals surface area (Å²) in [4.78, 5) is 5.26. The average Bonchev–Trinajstić information content (AvgIpc) is 3.58. The van der Waals surface area contributed by atoms with E-state index in [4.69, 9.17) is 4.98 Å². The van der Waals surface area contributed by atoms with Crippen molar-refractivity contribution in [1.29, 1.82) is 0 Å². The average molecular weight is 662 g/mol. The van der Waals surface area contributed by atoms with Crippen LogP contribution in [0, 0.1) is 13.8 Å². The summed E-state index contributed by atoms with van der Waals surface area (Å²) in [7, 11) is 6.75. The molecule has 1 aromatic heterocycles. The molecular weight excluding hydrogens is 625 g/mol. The second kappa shape index (κ2) is 12.6. The molecule has 0 aliphatic heterocycles. The third-order valence-electron chi connectivity index (χ3n) is 11.4. The van der Waals surface area contributed by atoms with E-state index in [1.807, 2.05) is 0 Å². The highest BCUT2D eigenvalue weighted by atomic mass is 15.1. The standard InChI is InChI=1S/C47H37B3N2/c1-28-29(2)44(49)46(45(50)43(28)48)52-40-22-11-10-21-39(40)51-47(52)32-25-23-31(24-26-32)41-35-17-6-8-19-37(35)42(38-20-9-7-18-36(38)41)34-16-12-15-33(27-34)30-13-4-3-5-14-30/h3-27H,48-50H2,1-2H3. The summed E-state index contributed by atoms with van der Waals surface area (Å²) in [6.07, 6.45) is 0. The Labute approximate surface area is 308 Å². The lowest BCUT2D eigenvalue weighted by molar-refractivity contribution is 1.12. The number of para-hydroxylation sites is 2. The number of benzene rings is 8. The fraction of sp³-hybridized carbons (Fsp3) is 0.0426. The second-order valence-electron chi connectivity index (χ2n) is 14.1. The van der Waals surface area contributed by atoms with Crippen molar-refractivity contribution in [1.82, 2.24) is 9.55 Å². The predicted octanol–water partition coefficient (Wildman–Crippen LogP) is 7.39. The minimum absolute atomic E-state index is 0.963. The zero-order chi connectivity index (χ0) is 35.5. The molecule has 5 heteroatoms. The van der Waals surface area contributed by atoms with Gasteiger partial charge in [-0.05, 0) is 87.0 Å². The Hall–Kier alpha value is -6.06. The van der Waals surface area contributed by atoms with Crippen molar-refractivity contribution in [3.63, 3.8) is 0 Å². The molecule has 0 N–H and O–H groups in total. The van der Waals surface area contributed by atoms with Crippen molar-refractivity contribution < 1.29 is 0 Å². The number of nitrogens with zero attached hydrogens (tertiary/aromatic N) is 2. The van der Waals surface area contributed by atoms with Gasteiger partial charge in [0.2, 0.25) is 0 Å². The van der Waals surface area contributed by atoms with E-state index in [0.29, 0.717) is 0 Å². The first-order valence-corrected chi connectivity index (χ1v) is 18.2. The molecule has 244 valence electrons. The lowest BCUT2D eigenvalue weighted by Crippen LogP contribution is -2.39. The molecule has 0 amide bonds. The number of aromatic nitrogens is 2. The summed E-state index contributed by atoms with van der Waals surface area (Å²) in [6.45, 7) is 4.48. The first-order valence-electron chi connectivity index (χ1n) is 18.2. The molecule has 8 aromatic carbocycles. The monoisotopic (exact) mass is 662 g/mol. The Balaban J connectivity index is 1.23. The van der Waals surface area contributed by atoms with Gasteiger partial charge in [0.15, 0.2) is 0 Å². The van der Waals surface area contributed by atoms with Crippen LogP contribution in [0.4, 0.5) is 0 Å². The molecule has 0 saturated heterocycles. The maximum absolute atomic E-state index is 5.26. The summed E-state index contributed by atoms with van der Waals surface area (Å²) < 4.78 is 2.39. The van der Waals surface area contributed by atoms with E-state index in [9.17, 15) is 0 Å². The Kier molecular flexibility index (Phi) is 7.74. The van der Waals surface area contributed by atoms with Crippen LogP contribution < -0.4 is 16.4 Å². The zero-order valence-corrected chi connectivity index (χ0v) is 30.3. The molecule has 0 unspecified atom stereocenters. The Bertz CT molecular complexity index is 2750. The van der Waals surface area contributed by atoms with Crippen LogP contribution in [0.5, 0.6) is 0 Å². The Morgan fingerprint density at radius 1 is 0.423 bits per heavy atom. The van der Waals surface area contributed by atoms with Crippen LogP contribution >= 0.6 is 0 Å². The summed E-state index contributed by atoms with van der Waals surface area (Å²) in [6, 6.07) is 55.0. The summed E-state index contributed by atoms with van der Waals surface area (Å²) in [5.74, 6) is 0.963. The quantitative estimate of drug-likeness (QED) is 0.139. The van der Waals surface area contributed by atoms with Crippen LogP contribution in [0.25, 0.3) is 83.0 Å². The van der Waals surface area contributed by atoms with Crippen LogP contribution in [0.15, 0.2) is 152 Å². The van der Waals surface area contributed by atoms with Crippen LogP contribution in [-0.4, -0.2) is 33.1 Å². The van der Waals surface area contributed by atoms with Crippen molar-refractivity contribution in [3.05, 3.63) is 163 Å². The molecule has 0 aliphatic carbocycles. The fourth-order valence-corrected chi connectivity index (χ4v) is 8.28. The number of fused-ring (bicyclic) bond motifs is 3. The molecule has 0 fully saturated rings. The fourth-order valence-electron chi connectivity index (χ4n) is 8.28. The first kappa shape index (κ1) is 31.9. The van der Waals surface area contributed by atoms with Gasteiger partial charge in [-0.2, -0.15) is 0 Å². The van der Waals surface area contributed by atoms with Crippen molar-refractivity contribution >= 4 is 72.5 Å². The lowest BCUT2D eigenvalue weighted by Gasteiger charge is -2.22. The summed E-state index contributed by atoms with van der Waals surface area (Å²) >= 11 is 0. The van der Waals surface area contributed by atoms with E-state index in [1.54, 1.807) is 0 Å². The molecule has 1 heterocycles. The van der Waals surface area contributed by atoms with Crippen molar-refractivity contribution in [2.75, 3.05) is 0 Å². The van der Waals surface area contributed by atoms with Gasteiger partial charge < -0.3 is 0 Å². The molecule has 0 saturated carbocycles. The van der Waals surface area contributed by atoms with Crippen LogP contribution in [-0.2, 0) is 0 Å². The van der Waals surface area contributed by atoms with Gasteiger partial charge in [-0.3, -0.25) is 4.57 Å². The van der Waals surface area contributed by atoms with E-state index >= 15 is 0 Å². The van der Waals surface area contributed by atoms with E-state index in [0.717, 1.165) is 22.4 Å². The molecule has 0 radical (unpaired) electrons. The van der Waals surface area contributed by atoms with Gasteiger partial charge in [-0.25, -0.2) is 4.98 Å². The maximum Gasteiger partial charge on any atom is 0.145 e. The largest absolute Gasteiger partial charge is 0.293 e. The summed E-state index contributed by atoms with van der Waals surface area (Å²) in [5, 5.41) is 5.00. The van der Waals surface area contributed by atoms with Gasteiger partial charge >= 0.3 is 0 Å². The highest BCUT2D eigenvalue weighted by molar-refractivity contribution is 6.53. The normalized spacial score (nSPS) is 11.5. The van der Waals surface area contributed by atoms with Crippen LogP contribution in [0.2, 0.25) is 0 Å². The third kappa shape index (κ3) is 5.03. The van der Waals surface area contributed by atoms with Crippen molar-refractivity contribution in [2.24, 2.45) is 0 Å². The van der Waals surface area contributed by atoms with Gasteiger partial charge in [0.25, 0.3) is 0 Å². The molecule has 2 nitrogen and oxygen atoms in total. The highest BCUT2D eigenvalue weighted by Gasteiger charge is 2.21. The molecule has 52 heavy (non-hydrogen) atoms.